The Bertz CT molecular complexity index is 2260. The van der Waals surface area contributed by atoms with Crippen molar-refractivity contribution in [2.24, 2.45) is 23.7 Å². The molecule has 5 aliphatic rings. The third-order valence-corrected chi connectivity index (χ3v) is 12.1. The molecule has 55 heavy (non-hydrogen) atoms. The zero-order valence-corrected chi connectivity index (χ0v) is 29.5. The molecule has 4 bridgehead atoms. The molecule has 1 saturated heterocycles. The number of carboxylic acids is 1. The number of rotatable bonds is 8. The van der Waals surface area contributed by atoms with Gasteiger partial charge < -0.3 is 20.1 Å². The van der Waals surface area contributed by atoms with Crippen LogP contribution in [-0.2, 0) is 11.0 Å². The summed E-state index contributed by atoms with van der Waals surface area (Å²) in [6.07, 6.45) is 5.98. The minimum Gasteiger partial charge on any atom is -0.490 e. The van der Waals surface area contributed by atoms with Crippen LogP contribution >= 0.6 is 0 Å². The number of piperidine rings is 1. The van der Waals surface area contributed by atoms with Crippen molar-refractivity contribution in [3.05, 3.63) is 90.4 Å². The highest BCUT2D eigenvalue weighted by atomic mass is 19.4. The molecule has 1 aliphatic heterocycles. The minimum atomic E-state index is -5.06. The van der Waals surface area contributed by atoms with E-state index in [0.29, 0.717) is 86.1 Å². The first-order valence-electron chi connectivity index (χ1n) is 18.6. The van der Waals surface area contributed by atoms with Crippen LogP contribution in [0.4, 0.5) is 23.5 Å². The Morgan fingerprint density at radius 1 is 0.891 bits per heavy atom. The summed E-state index contributed by atoms with van der Waals surface area (Å²) in [5.41, 5.74) is -3.30. The van der Waals surface area contributed by atoms with Crippen LogP contribution in [0, 0.1) is 29.5 Å². The van der Waals surface area contributed by atoms with Crippen molar-refractivity contribution in [3.63, 3.8) is 0 Å². The van der Waals surface area contributed by atoms with E-state index >= 15 is 4.39 Å². The number of anilines is 1. The maximum atomic E-state index is 15.2. The van der Waals surface area contributed by atoms with Gasteiger partial charge in [0.05, 0.1) is 16.8 Å². The van der Waals surface area contributed by atoms with E-state index in [1.165, 1.54) is 35.2 Å². The monoisotopic (exact) mass is 755 g/mol. The second-order valence-electron chi connectivity index (χ2n) is 15.3. The molecule has 0 unspecified atom stereocenters. The van der Waals surface area contributed by atoms with Crippen molar-refractivity contribution in [2.45, 2.75) is 62.8 Å². The molecule has 284 valence electrons. The van der Waals surface area contributed by atoms with Crippen LogP contribution < -0.4 is 15.0 Å². The normalized spacial score (nSPS) is 25.0. The summed E-state index contributed by atoms with van der Waals surface area (Å²) in [6, 6.07) is 11.9. The van der Waals surface area contributed by atoms with Gasteiger partial charge in [-0.05, 0) is 98.2 Å². The number of alkyl halides is 3. The molecule has 1 aromatic carbocycles. The molecule has 11 nitrogen and oxygen atoms in total. The van der Waals surface area contributed by atoms with Gasteiger partial charge in [-0.3, -0.25) is 9.36 Å². The van der Waals surface area contributed by atoms with Crippen molar-refractivity contribution >= 4 is 28.7 Å². The number of benzene rings is 1. The van der Waals surface area contributed by atoms with E-state index < -0.39 is 40.7 Å². The first-order valence-corrected chi connectivity index (χ1v) is 18.6. The van der Waals surface area contributed by atoms with E-state index in [-0.39, 0.29) is 35.0 Å². The summed E-state index contributed by atoms with van der Waals surface area (Å²) in [7, 11) is 0. The van der Waals surface area contributed by atoms with Crippen LogP contribution in [0.1, 0.15) is 61.0 Å². The zero-order chi connectivity index (χ0) is 38.1. The Hall–Kier alpha value is -5.60. The predicted octanol–water partition coefficient (Wildman–Crippen LogP) is 7.09. The molecule has 4 aromatic heterocycles. The van der Waals surface area contributed by atoms with E-state index in [9.17, 15) is 27.9 Å². The number of hydrogen-bond acceptors (Lipinski definition) is 8. The van der Waals surface area contributed by atoms with Gasteiger partial charge in [0, 0.05) is 67.7 Å². The van der Waals surface area contributed by atoms with Crippen LogP contribution in [-0.4, -0.2) is 66.2 Å². The molecule has 5 aromatic rings. The van der Waals surface area contributed by atoms with Crippen LogP contribution in [0.15, 0.2) is 73.3 Å². The summed E-state index contributed by atoms with van der Waals surface area (Å²) in [4.78, 5) is 45.6. The number of halogens is 4. The van der Waals surface area contributed by atoms with Crippen molar-refractivity contribution in [2.75, 3.05) is 18.0 Å². The lowest BCUT2D eigenvalue weighted by Gasteiger charge is -2.59. The quantitative estimate of drug-likeness (QED) is 0.159. The van der Waals surface area contributed by atoms with E-state index in [2.05, 4.69) is 30.2 Å². The molecule has 5 fully saturated rings. The summed E-state index contributed by atoms with van der Waals surface area (Å²) in [5, 5.41) is 13.6. The molecular formula is C40H37F4N7O4. The number of hydrogen-bond donors (Lipinski definition) is 2. The first-order chi connectivity index (χ1) is 26.5. The highest BCUT2D eigenvalue weighted by Crippen LogP contribution is 2.58. The SMILES string of the molecule is O=C(NC1(C(=O)O)C2CC3CC(C2)CC1C3)c1ccc(-c2cn(-c3ncccc3F)c3cc(OC4CCN(c5ncccn5)CC4)ccc23)nc1C(F)(F)F. The van der Waals surface area contributed by atoms with Gasteiger partial charge in [0.15, 0.2) is 17.3 Å². The largest absolute Gasteiger partial charge is 0.490 e. The number of ether oxygens (including phenoxy) is 1. The highest BCUT2D eigenvalue weighted by molar-refractivity contribution is 6.01. The Morgan fingerprint density at radius 3 is 2.24 bits per heavy atom. The van der Waals surface area contributed by atoms with Gasteiger partial charge in [-0.15, -0.1) is 0 Å². The standard InChI is InChI=1S/C40H37F4N7O4/c41-31-3-1-10-45-35(31)51-21-30(28-5-4-27(20-33(28)51)55-26-8-13-50(14-9-26)38-46-11-2-12-47-38)32-7-6-29(34(48-32)40(42,43)44)36(52)49-39(37(53)54)24-16-22-15-23(18-24)19-25(39)17-22/h1-7,10-12,20-26H,8-9,13-19H2,(H,49,52)(H,53,54). The lowest BCUT2D eigenvalue weighted by Crippen LogP contribution is -2.70. The molecule has 15 heteroatoms. The van der Waals surface area contributed by atoms with Gasteiger partial charge >= 0.3 is 12.1 Å². The first kappa shape index (κ1) is 35.1. The van der Waals surface area contributed by atoms with Crippen LogP contribution in [0.3, 0.4) is 0 Å². The molecule has 4 aliphatic carbocycles. The van der Waals surface area contributed by atoms with Gasteiger partial charge in [0.1, 0.15) is 17.4 Å². The fraction of sp³-hybridized carbons (Fsp3) is 0.400. The number of amides is 1. The van der Waals surface area contributed by atoms with Gasteiger partial charge in [-0.1, -0.05) is 0 Å². The summed E-state index contributed by atoms with van der Waals surface area (Å²) in [6.45, 7) is 1.36. The highest BCUT2D eigenvalue weighted by Gasteiger charge is 2.62. The third kappa shape index (κ3) is 6.13. The maximum Gasteiger partial charge on any atom is 0.434 e. The lowest BCUT2D eigenvalue weighted by atomic mass is 9.48. The molecular weight excluding hydrogens is 718 g/mol. The average molecular weight is 756 g/mol. The number of nitrogens with one attached hydrogen (secondary N) is 1. The number of fused-ring (bicyclic) bond motifs is 1. The zero-order valence-electron chi connectivity index (χ0n) is 29.5. The van der Waals surface area contributed by atoms with Gasteiger partial charge in [0.2, 0.25) is 5.95 Å². The fourth-order valence-corrected chi connectivity index (χ4v) is 9.83. The number of aromatic nitrogens is 5. The van der Waals surface area contributed by atoms with E-state index in [4.69, 9.17) is 4.74 Å². The van der Waals surface area contributed by atoms with Crippen molar-refractivity contribution in [1.82, 2.24) is 29.8 Å². The van der Waals surface area contributed by atoms with E-state index in [0.717, 1.165) is 12.5 Å². The Kier molecular flexibility index (Phi) is 8.50. The molecule has 1 amide bonds. The minimum absolute atomic E-state index is 0.0752. The number of nitrogens with zero attached hydrogens (tertiary/aromatic N) is 6. The Labute approximate surface area is 312 Å². The second-order valence-corrected chi connectivity index (χ2v) is 15.3. The van der Waals surface area contributed by atoms with Gasteiger partial charge in [-0.2, -0.15) is 13.2 Å². The predicted molar refractivity (Wildman–Crippen MR) is 192 cm³/mol. The molecule has 5 heterocycles. The van der Waals surface area contributed by atoms with Gasteiger partial charge in [0.25, 0.3) is 5.91 Å². The third-order valence-electron chi connectivity index (χ3n) is 12.1. The molecule has 10 rings (SSSR count). The van der Waals surface area contributed by atoms with Crippen LogP contribution in [0.2, 0.25) is 0 Å². The van der Waals surface area contributed by atoms with E-state index in [1.807, 2.05) is 0 Å². The second kappa shape index (κ2) is 13.3. The molecule has 4 saturated carbocycles. The molecule has 0 atom stereocenters. The summed E-state index contributed by atoms with van der Waals surface area (Å²) in [5.74, 6) is -1.89. The number of pyridine rings is 2. The summed E-state index contributed by atoms with van der Waals surface area (Å²) >= 11 is 0. The number of carboxylic acid groups (broad SMARTS) is 1. The van der Waals surface area contributed by atoms with Crippen LogP contribution in [0.25, 0.3) is 28.0 Å². The number of aliphatic carboxylic acids is 1. The molecule has 0 radical (unpaired) electrons. The smallest absolute Gasteiger partial charge is 0.434 e. The molecule has 0 spiro atoms. The number of carbonyl (C=O) groups is 2. The maximum absolute atomic E-state index is 15.2. The molecule has 2 N–H and O–H groups in total. The Morgan fingerprint density at radius 2 is 1.58 bits per heavy atom. The van der Waals surface area contributed by atoms with Crippen molar-refractivity contribution in [1.29, 1.82) is 0 Å². The van der Waals surface area contributed by atoms with E-state index in [1.54, 1.807) is 36.7 Å². The average Bonchev–Trinajstić information content (AvgIpc) is 3.54. The van der Waals surface area contributed by atoms with Crippen molar-refractivity contribution in [3.8, 4) is 22.8 Å². The van der Waals surface area contributed by atoms with Crippen molar-refractivity contribution < 1.29 is 37.0 Å². The lowest BCUT2D eigenvalue weighted by molar-refractivity contribution is -0.163. The Balaban J connectivity index is 1.05. The fourth-order valence-electron chi connectivity index (χ4n) is 9.83. The van der Waals surface area contributed by atoms with Gasteiger partial charge in [-0.25, -0.2) is 29.1 Å². The number of carbonyl (C=O) groups excluding carboxylic acids is 1. The van der Waals surface area contributed by atoms with Crippen LogP contribution in [0.5, 0.6) is 5.75 Å². The summed E-state index contributed by atoms with van der Waals surface area (Å²) < 4.78 is 67.5. The topological polar surface area (TPSA) is 135 Å².